The van der Waals surface area contributed by atoms with Gasteiger partial charge < -0.3 is 20.1 Å². The van der Waals surface area contributed by atoms with Crippen LogP contribution in [-0.2, 0) is 9.47 Å². The van der Waals surface area contributed by atoms with Crippen LogP contribution < -0.4 is 5.73 Å². The average Bonchev–Trinajstić information content (AvgIpc) is 2.70. The summed E-state index contributed by atoms with van der Waals surface area (Å²) in [5.74, 6) is 0.361. The van der Waals surface area contributed by atoms with E-state index in [4.69, 9.17) is 15.2 Å². The van der Waals surface area contributed by atoms with Crippen molar-refractivity contribution < 1.29 is 14.3 Å². The molecular weight excluding hydrogens is 220 g/mol. The molecule has 5 nitrogen and oxygen atoms in total. The van der Waals surface area contributed by atoms with Crippen molar-refractivity contribution in [3.05, 3.63) is 0 Å². The van der Waals surface area contributed by atoms with Gasteiger partial charge in [-0.1, -0.05) is 0 Å². The van der Waals surface area contributed by atoms with E-state index in [1.54, 1.807) is 4.90 Å². The van der Waals surface area contributed by atoms with Gasteiger partial charge in [0, 0.05) is 31.0 Å². The maximum absolute atomic E-state index is 12.0. The summed E-state index contributed by atoms with van der Waals surface area (Å²) >= 11 is 0. The Kier molecular flexibility index (Phi) is 3.08. The minimum Gasteiger partial charge on any atom is -0.444 e. The van der Waals surface area contributed by atoms with Gasteiger partial charge in [0.15, 0.2) is 0 Å². The van der Waals surface area contributed by atoms with Crippen LogP contribution in [0.2, 0.25) is 0 Å². The second-order valence-corrected chi connectivity index (χ2v) is 6.14. The molecule has 2 rings (SSSR count). The van der Waals surface area contributed by atoms with Crippen LogP contribution >= 0.6 is 0 Å². The lowest BCUT2D eigenvalue weighted by Crippen LogP contribution is -2.40. The van der Waals surface area contributed by atoms with E-state index in [1.165, 1.54) is 0 Å². The van der Waals surface area contributed by atoms with Gasteiger partial charge in [0.25, 0.3) is 0 Å². The van der Waals surface area contributed by atoms with Gasteiger partial charge in [-0.25, -0.2) is 4.79 Å². The molecule has 5 heteroatoms. The van der Waals surface area contributed by atoms with Crippen molar-refractivity contribution in [1.29, 1.82) is 0 Å². The molecule has 1 amide bonds. The normalized spacial score (nSPS) is 32.7. The molecule has 2 heterocycles. The van der Waals surface area contributed by atoms with Crippen LogP contribution in [-0.4, -0.2) is 49.4 Å². The number of rotatable bonds is 1. The topological polar surface area (TPSA) is 64.8 Å². The molecule has 2 atom stereocenters. The highest BCUT2D eigenvalue weighted by Crippen LogP contribution is 2.40. The summed E-state index contributed by atoms with van der Waals surface area (Å²) in [6.45, 7) is 8.92. The van der Waals surface area contributed by atoms with Crippen molar-refractivity contribution in [2.24, 2.45) is 17.1 Å². The summed E-state index contributed by atoms with van der Waals surface area (Å²) < 4.78 is 10.9. The van der Waals surface area contributed by atoms with Crippen LogP contribution in [0.1, 0.15) is 20.8 Å². The quantitative estimate of drug-likeness (QED) is 0.739. The number of hydrogen-bond acceptors (Lipinski definition) is 4. The van der Waals surface area contributed by atoms with E-state index in [0.717, 1.165) is 0 Å². The smallest absolute Gasteiger partial charge is 0.410 e. The fourth-order valence-corrected chi connectivity index (χ4v) is 2.59. The molecule has 0 aromatic heterocycles. The summed E-state index contributed by atoms with van der Waals surface area (Å²) in [5, 5.41) is 0. The fourth-order valence-electron chi connectivity index (χ4n) is 2.59. The maximum Gasteiger partial charge on any atom is 0.410 e. The lowest BCUT2D eigenvalue weighted by Gasteiger charge is -2.27. The Hall–Kier alpha value is -0.810. The van der Waals surface area contributed by atoms with Gasteiger partial charge in [-0.05, 0) is 20.8 Å². The number of carbonyl (C=O) groups is 1. The monoisotopic (exact) mass is 242 g/mol. The van der Waals surface area contributed by atoms with E-state index >= 15 is 0 Å². The number of nitrogens with two attached hydrogens (primary N) is 1. The van der Waals surface area contributed by atoms with Gasteiger partial charge in [0.05, 0.1) is 13.2 Å². The number of fused-ring (bicyclic) bond motifs is 1. The highest BCUT2D eigenvalue weighted by Gasteiger charge is 2.51. The van der Waals surface area contributed by atoms with Crippen molar-refractivity contribution in [3.63, 3.8) is 0 Å². The van der Waals surface area contributed by atoms with E-state index in [0.29, 0.717) is 38.8 Å². The summed E-state index contributed by atoms with van der Waals surface area (Å²) in [6.07, 6.45) is -0.236. The van der Waals surface area contributed by atoms with Crippen LogP contribution in [0.5, 0.6) is 0 Å². The lowest BCUT2D eigenvalue weighted by molar-refractivity contribution is 0.0238. The zero-order valence-corrected chi connectivity index (χ0v) is 10.9. The van der Waals surface area contributed by atoms with Crippen molar-refractivity contribution in [2.75, 3.05) is 32.8 Å². The molecule has 0 aromatic rings. The van der Waals surface area contributed by atoms with Crippen LogP contribution in [0.25, 0.3) is 0 Å². The molecule has 2 N–H and O–H groups in total. The van der Waals surface area contributed by atoms with Gasteiger partial charge in [0.2, 0.25) is 0 Å². The Bertz CT molecular complexity index is 313. The second kappa shape index (κ2) is 4.14. The lowest BCUT2D eigenvalue weighted by atomic mass is 9.81. The molecule has 0 aliphatic carbocycles. The Balaban J connectivity index is 2.00. The van der Waals surface area contributed by atoms with Gasteiger partial charge in [-0.15, -0.1) is 0 Å². The molecule has 2 fully saturated rings. The number of hydrogen-bond donors (Lipinski definition) is 1. The number of carbonyl (C=O) groups excluding carboxylic acids is 1. The maximum atomic E-state index is 12.0. The van der Waals surface area contributed by atoms with Crippen LogP contribution in [0.3, 0.4) is 0 Å². The third kappa shape index (κ3) is 2.40. The third-order valence-corrected chi connectivity index (χ3v) is 3.58. The van der Waals surface area contributed by atoms with Crippen LogP contribution in [0, 0.1) is 11.3 Å². The standard InChI is InChI=1S/C12H22N2O3/c1-11(2,3)17-10(15)14-4-9-5-16-8-12(9,6-13)7-14/h9H,4-8,13H2,1-3H3/t9-,12+/m0/s1. The van der Waals surface area contributed by atoms with Crippen molar-refractivity contribution in [3.8, 4) is 0 Å². The number of amides is 1. The van der Waals surface area contributed by atoms with Crippen LogP contribution in [0.15, 0.2) is 0 Å². The highest BCUT2D eigenvalue weighted by molar-refractivity contribution is 5.68. The first-order valence-corrected chi connectivity index (χ1v) is 6.12. The molecule has 0 aromatic carbocycles. The van der Waals surface area contributed by atoms with Gasteiger partial charge >= 0.3 is 6.09 Å². The minimum atomic E-state index is -0.443. The van der Waals surface area contributed by atoms with E-state index in [1.807, 2.05) is 20.8 Å². The predicted molar refractivity (Wildman–Crippen MR) is 63.6 cm³/mol. The SMILES string of the molecule is CC(C)(C)OC(=O)N1C[C@H]2COC[C@@]2(CN)C1. The molecule has 0 unspecified atom stereocenters. The largest absolute Gasteiger partial charge is 0.444 e. The van der Waals surface area contributed by atoms with Crippen molar-refractivity contribution in [1.82, 2.24) is 4.90 Å². The van der Waals surface area contributed by atoms with E-state index in [9.17, 15) is 4.79 Å². The Morgan fingerprint density at radius 1 is 1.59 bits per heavy atom. The van der Waals surface area contributed by atoms with E-state index in [2.05, 4.69) is 0 Å². The van der Waals surface area contributed by atoms with E-state index < -0.39 is 5.60 Å². The van der Waals surface area contributed by atoms with Gasteiger partial charge in [-0.2, -0.15) is 0 Å². The molecule has 0 bridgehead atoms. The molecule has 17 heavy (non-hydrogen) atoms. The van der Waals surface area contributed by atoms with Gasteiger partial charge in [-0.3, -0.25) is 0 Å². The first kappa shape index (κ1) is 12.6. The summed E-state index contributed by atoms with van der Waals surface area (Å²) in [4.78, 5) is 13.7. The first-order chi connectivity index (χ1) is 7.86. The second-order valence-electron chi connectivity index (χ2n) is 6.14. The highest BCUT2D eigenvalue weighted by atomic mass is 16.6. The van der Waals surface area contributed by atoms with E-state index in [-0.39, 0.29) is 11.5 Å². The molecule has 0 radical (unpaired) electrons. The molecule has 2 aliphatic rings. The van der Waals surface area contributed by atoms with Crippen LogP contribution in [0.4, 0.5) is 4.79 Å². The zero-order valence-electron chi connectivity index (χ0n) is 10.9. The number of likely N-dealkylation sites (tertiary alicyclic amines) is 1. The number of nitrogens with zero attached hydrogens (tertiary/aromatic N) is 1. The Morgan fingerprint density at radius 2 is 2.29 bits per heavy atom. The summed E-state index contributed by atoms with van der Waals surface area (Å²) in [5.41, 5.74) is 5.35. The molecule has 2 saturated heterocycles. The third-order valence-electron chi connectivity index (χ3n) is 3.58. The van der Waals surface area contributed by atoms with Crippen molar-refractivity contribution >= 4 is 6.09 Å². The number of ether oxygens (including phenoxy) is 2. The molecule has 2 aliphatic heterocycles. The first-order valence-electron chi connectivity index (χ1n) is 6.12. The Labute approximate surface area is 102 Å². The van der Waals surface area contributed by atoms with Gasteiger partial charge in [0.1, 0.15) is 5.60 Å². The molecule has 0 saturated carbocycles. The summed E-state index contributed by atoms with van der Waals surface area (Å²) in [7, 11) is 0. The summed E-state index contributed by atoms with van der Waals surface area (Å²) in [6, 6.07) is 0. The molecule has 0 spiro atoms. The minimum absolute atomic E-state index is 0.0447. The molecule has 98 valence electrons. The zero-order chi connectivity index (χ0) is 12.7. The molecular formula is C12H22N2O3. The fraction of sp³-hybridized carbons (Fsp3) is 0.917. The predicted octanol–water partition coefficient (Wildman–Crippen LogP) is 0.829. The average molecular weight is 242 g/mol. The Morgan fingerprint density at radius 3 is 2.82 bits per heavy atom. The van der Waals surface area contributed by atoms with Crippen molar-refractivity contribution in [2.45, 2.75) is 26.4 Å².